The molecule has 2 heterocycles. The molecule has 1 aliphatic heterocycles. The Hall–Kier alpha value is -1.72. The van der Waals surface area contributed by atoms with E-state index >= 15 is 0 Å². The lowest BCUT2D eigenvalue weighted by atomic mass is 10.1. The summed E-state index contributed by atoms with van der Waals surface area (Å²) in [6.07, 6.45) is 1.77. The fourth-order valence-electron chi connectivity index (χ4n) is 2.96. The van der Waals surface area contributed by atoms with Crippen LogP contribution in [-0.2, 0) is 0 Å². The van der Waals surface area contributed by atoms with Gasteiger partial charge in [-0.25, -0.2) is 4.98 Å². The first kappa shape index (κ1) is 15.2. The van der Waals surface area contributed by atoms with Crippen molar-refractivity contribution in [3.63, 3.8) is 0 Å². The van der Waals surface area contributed by atoms with E-state index in [1.807, 2.05) is 38.1 Å². The number of aryl methyl sites for hydroxylation is 1. The number of ether oxygens (including phenoxy) is 1. The minimum atomic E-state index is -0.527. The van der Waals surface area contributed by atoms with Gasteiger partial charge in [-0.3, -0.25) is 0 Å². The molecule has 1 unspecified atom stereocenters. The van der Waals surface area contributed by atoms with Crippen LogP contribution in [0.5, 0.6) is 5.88 Å². The van der Waals surface area contributed by atoms with Crippen molar-refractivity contribution in [2.24, 2.45) is 0 Å². The van der Waals surface area contributed by atoms with Crippen molar-refractivity contribution in [3.8, 4) is 5.88 Å². The molecule has 118 valence electrons. The number of para-hydroxylation sites is 1. The third-order valence-electron chi connectivity index (χ3n) is 4.07. The third-order valence-corrected chi connectivity index (χ3v) is 4.07. The second kappa shape index (κ2) is 6.18. The highest BCUT2D eigenvalue weighted by molar-refractivity contribution is 5.83. The normalized spacial score (nSPS) is 22.3. The summed E-state index contributed by atoms with van der Waals surface area (Å²) in [6, 6.07) is 7.91. The highest BCUT2D eigenvalue weighted by Crippen LogP contribution is 2.23. The molecule has 5 heteroatoms. The minimum absolute atomic E-state index is 0.527. The first-order chi connectivity index (χ1) is 10.5. The lowest BCUT2D eigenvalue weighted by Crippen LogP contribution is -2.30. The van der Waals surface area contributed by atoms with Gasteiger partial charge in [0.25, 0.3) is 0 Å². The number of aliphatic hydroxyl groups is 1. The zero-order chi connectivity index (χ0) is 15.6. The van der Waals surface area contributed by atoms with Crippen LogP contribution >= 0.6 is 0 Å². The first-order valence-electron chi connectivity index (χ1n) is 7.84. The van der Waals surface area contributed by atoms with Crippen LogP contribution < -0.4 is 4.74 Å². The quantitative estimate of drug-likeness (QED) is 0.858. The molecule has 22 heavy (non-hydrogen) atoms. The lowest BCUT2D eigenvalue weighted by Gasteiger charge is -2.18. The summed E-state index contributed by atoms with van der Waals surface area (Å²) in [5.74, 6) is 1.39. The van der Waals surface area contributed by atoms with E-state index < -0.39 is 5.60 Å². The molecule has 0 saturated carbocycles. The van der Waals surface area contributed by atoms with E-state index in [9.17, 15) is 5.11 Å². The molecule has 1 fully saturated rings. The van der Waals surface area contributed by atoms with Crippen LogP contribution in [0.2, 0.25) is 0 Å². The Labute approximate surface area is 130 Å². The van der Waals surface area contributed by atoms with Gasteiger partial charge in [0.2, 0.25) is 5.88 Å². The molecule has 2 aromatic rings. The van der Waals surface area contributed by atoms with Gasteiger partial charge in [-0.05, 0) is 38.8 Å². The van der Waals surface area contributed by atoms with Crippen LogP contribution in [-0.4, -0.2) is 51.8 Å². The summed E-state index contributed by atoms with van der Waals surface area (Å²) in [7, 11) is 0. The SMILES string of the molecule is Cc1nc(OCCCN2CCC(C)(O)C2)c2ccccc2n1. The van der Waals surface area contributed by atoms with Crippen LogP contribution in [0.25, 0.3) is 10.9 Å². The Morgan fingerprint density at radius 1 is 1.32 bits per heavy atom. The average molecular weight is 301 g/mol. The van der Waals surface area contributed by atoms with Gasteiger partial charge in [-0.1, -0.05) is 12.1 Å². The second-order valence-corrected chi connectivity index (χ2v) is 6.32. The summed E-state index contributed by atoms with van der Waals surface area (Å²) in [4.78, 5) is 11.1. The predicted octanol–water partition coefficient (Wildman–Crippen LogP) is 2.16. The van der Waals surface area contributed by atoms with E-state index in [-0.39, 0.29) is 0 Å². The average Bonchev–Trinajstić information content (AvgIpc) is 2.82. The standard InChI is InChI=1S/C17H23N3O2/c1-13-18-15-7-4-3-6-14(15)16(19-13)22-11-5-9-20-10-8-17(2,21)12-20/h3-4,6-7,21H,5,8-12H2,1-2H3. The molecule has 0 amide bonds. The van der Waals surface area contributed by atoms with Crippen molar-refractivity contribution in [3.05, 3.63) is 30.1 Å². The van der Waals surface area contributed by atoms with Gasteiger partial charge in [0.15, 0.2) is 0 Å². The molecule has 0 spiro atoms. The summed E-state index contributed by atoms with van der Waals surface area (Å²) in [5, 5.41) is 10.9. The van der Waals surface area contributed by atoms with Crippen LogP contribution in [0, 0.1) is 6.92 Å². The molecule has 3 rings (SSSR count). The molecule has 0 aliphatic carbocycles. The Balaban J connectivity index is 1.56. The Morgan fingerprint density at radius 3 is 2.91 bits per heavy atom. The van der Waals surface area contributed by atoms with Gasteiger partial charge in [0.1, 0.15) is 5.82 Å². The number of benzene rings is 1. The molecule has 0 bridgehead atoms. The second-order valence-electron chi connectivity index (χ2n) is 6.32. The number of hydrogen-bond donors (Lipinski definition) is 1. The molecular weight excluding hydrogens is 278 g/mol. The molecular formula is C17H23N3O2. The number of likely N-dealkylation sites (tertiary alicyclic amines) is 1. The molecule has 1 N–H and O–H groups in total. The van der Waals surface area contributed by atoms with Crippen molar-refractivity contribution < 1.29 is 9.84 Å². The van der Waals surface area contributed by atoms with Crippen molar-refractivity contribution in [1.82, 2.24) is 14.9 Å². The van der Waals surface area contributed by atoms with Crippen molar-refractivity contribution in [2.45, 2.75) is 32.3 Å². The number of hydrogen-bond acceptors (Lipinski definition) is 5. The van der Waals surface area contributed by atoms with Crippen LogP contribution in [0.1, 0.15) is 25.6 Å². The minimum Gasteiger partial charge on any atom is -0.477 e. The summed E-state index contributed by atoms with van der Waals surface area (Å²) < 4.78 is 5.87. The van der Waals surface area contributed by atoms with Crippen LogP contribution in [0.4, 0.5) is 0 Å². The zero-order valence-electron chi connectivity index (χ0n) is 13.2. The lowest BCUT2D eigenvalue weighted by molar-refractivity contribution is 0.0681. The van der Waals surface area contributed by atoms with Crippen LogP contribution in [0.3, 0.4) is 0 Å². The topological polar surface area (TPSA) is 58.5 Å². The van der Waals surface area contributed by atoms with E-state index in [1.54, 1.807) is 0 Å². The van der Waals surface area contributed by atoms with Crippen molar-refractivity contribution >= 4 is 10.9 Å². The molecule has 1 aromatic heterocycles. The Morgan fingerprint density at radius 2 is 2.14 bits per heavy atom. The highest BCUT2D eigenvalue weighted by Gasteiger charge is 2.30. The monoisotopic (exact) mass is 301 g/mol. The number of aromatic nitrogens is 2. The molecule has 1 aromatic carbocycles. The van der Waals surface area contributed by atoms with Gasteiger partial charge in [0, 0.05) is 19.6 Å². The molecule has 0 radical (unpaired) electrons. The summed E-state index contributed by atoms with van der Waals surface area (Å²) in [5.41, 5.74) is 0.390. The number of nitrogens with zero attached hydrogens (tertiary/aromatic N) is 3. The van der Waals surface area contributed by atoms with Gasteiger partial charge < -0.3 is 14.7 Å². The van der Waals surface area contributed by atoms with Gasteiger partial charge in [0.05, 0.1) is 23.1 Å². The third kappa shape index (κ3) is 3.54. The van der Waals surface area contributed by atoms with Gasteiger partial charge in [-0.15, -0.1) is 0 Å². The maximum Gasteiger partial charge on any atom is 0.224 e. The summed E-state index contributed by atoms with van der Waals surface area (Å²) >= 11 is 0. The van der Waals surface area contributed by atoms with E-state index in [4.69, 9.17) is 4.74 Å². The van der Waals surface area contributed by atoms with Gasteiger partial charge in [-0.2, -0.15) is 4.98 Å². The number of β-amino-alcohol motifs (C(OH)–C–C–N with tert-alkyl or cyclic N) is 1. The maximum absolute atomic E-state index is 9.96. The first-order valence-corrected chi connectivity index (χ1v) is 7.84. The number of fused-ring (bicyclic) bond motifs is 1. The fraction of sp³-hybridized carbons (Fsp3) is 0.529. The zero-order valence-corrected chi connectivity index (χ0v) is 13.2. The number of rotatable bonds is 5. The van der Waals surface area contributed by atoms with Crippen molar-refractivity contribution in [2.75, 3.05) is 26.2 Å². The Bertz CT molecular complexity index is 657. The summed E-state index contributed by atoms with van der Waals surface area (Å²) in [6.45, 7) is 7.06. The largest absolute Gasteiger partial charge is 0.477 e. The maximum atomic E-state index is 9.96. The van der Waals surface area contributed by atoms with E-state index in [2.05, 4.69) is 14.9 Å². The Kier molecular flexibility index (Phi) is 4.27. The predicted molar refractivity (Wildman–Crippen MR) is 86.1 cm³/mol. The highest BCUT2D eigenvalue weighted by atomic mass is 16.5. The van der Waals surface area contributed by atoms with Gasteiger partial charge >= 0.3 is 0 Å². The molecule has 5 nitrogen and oxygen atoms in total. The molecule has 1 saturated heterocycles. The van der Waals surface area contributed by atoms with E-state index in [0.29, 0.717) is 12.5 Å². The molecule has 1 aliphatic rings. The van der Waals surface area contributed by atoms with Crippen LogP contribution in [0.15, 0.2) is 24.3 Å². The van der Waals surface area contributed by atoms with Crippen molar-refractivity contribution in [1.29, 1.82) is 0 Å². The fourth-order valence-corrected chi connectivity index (χ4v) is 2.96. The molecule has 1 atom stereocenters. The smallest absolute Gasteiger partial charge is 0.224 e. The van der Waals surface area contributed by atoms with E-state index in [0.717, 1.165) is 49.2 Å². The van der Waals surface area contributed by atoms with E-state index in [1.165, 1.54) is 0 Å².